The molecule has 1 rings (SSSR count). The largest absolute Gasteiger partial charge is 0.343 e. The highest BCUT2D eigenvalue weighted by Crippen LogP contribution is 2.18. The summed E-state index contributed by atoms with van der Waals surface area (Å²) in [5.41, 5.74) is -0.490. The van der Waals surface area contributed by atoms with Crippen LogP contribution in [-0.2, 0) is 14.8 Å². The minimum Gasteiger partial charge on any atom is -0.343 e. The summed E-state index contributed by atoms with van der Waals surface area (Å²) in [7, 11) is -3.29. The zero-order valence-electron chi connectivity index (χ0n) is 12.5. The fourth-order valence-electron chi connectivity index (χ4n) is 2.50. The zero-order chi connectivity index (χ0) is 14.7. The molecule has 0 N–H and O–H groups in total. The molecular formula is C13H26N2O3S. The van der Waals surface area contributed by atoms with Gasteiger partial charge in [-0.3, -0.25) is 4.79 Å². The molecule has 5 nitrogen and oxygen atoms in total. The third-order valence-corrected chi connectivity index (χ3v) is 4.92. The molecule has 0 unspecified atom stereocenters. The highest BCUT2D eigenvalue weighted by molar-refractivity contribution is 7.88. The molecule has 1 saturated heterocycles. The predicted molar refractivity (Wildman–Crippen MR) is 76.4 cm³/mol. The monoisotopic (exact) mass is 290 g/mol. The Morgan fingerprint density at radius 3 is 2.11 bits per heavy atom. The lowest BCUT2D eigenvalue weighted by Crippen LogP contribution is -2.47. The van der Waals surface area contributed by atoms with E-state index >= 15 is 0 Å². The van der Waals surface area contributed by atoms with E-state index in [-0.39, 0.29) is 18.9 Å². The summed E-state index contributed by atoms with van der Waals surface area (Å²) >= 11 is 0. The van der Waals surface area contributed by atoms with Gasteiger partial charge < -0.3 is 4.90 Å². The van der Waals surface area contributed by atoms with Gasteiger partial charge in [0.25, 0.3) is 0 Å². The van der Waals surface area contributed by atoms with Crippen LogP contribution >= 0.6 is 0 Å². The number of rotatable bonds is 4. The van der Waals surface area contributed by atoms with Gasteiger partial charge in [0.1, 0.15) is 0 Å². The lowest BCUT2D eigenvalue weighted by molar-refractivity contribution is -0.132. The predicted octanol–water partition coefficient (Wildman–Crippen LogP) is 1.45. The number of likely N-dealkylation sites (tertiary alicyclic amines) is 1. The maximum atomic E-state index is 12.1. The van der Waals surface area contributed by atoms with Crippen molar-refractivity contribution in [3.63, 3.8) is 0 Å². The van der Waals surface area contributed by atoms with E-state index < -0.39 is 15.6 Å². The van der Waals surface area contributed by atoms with Crippen LogP contribution in [0.15, 0.2) is 0 Å². The Labute approximate surface area is 117 Å². The summed E-state index contributed by atoms with van der Waals surface area (Å²) in [5, 5.41) is 0. The maximum Gasteiger partial charge on any atom is 0.223 e. The van der Waals surface area contributed by atoms with E-state index in [1.165, 1.54) is 17.0 Å². The average Bonchev–Trinajstić information content (AvgIpc) is 2.26. The fraction of sp³-hybridized carbons (Fsp3) is 0.923. The molecule has 1 aliphatic heterocycles. The fourth-order valence-corrected chi connectivity index (χ4v) is 3.92. The van der Waals surface area contributed by atoms with Gasteiger partial charge in [-0.05, 0) is 40.0 Å². The topological polar surface area (TPSA) is 57.7 Å². The highest BCUT2D eigenvalue weighted by atomic mass is 32.2. The number of carbonyl (C=O) groups excluding carboxylic acids is 1. The van der Waals surface area contributed by atoms with Crippen molar-refractivity contribution in [3.8, 4) is 0 Å². The van der Waals surface area contributed by atoms with Crippen molar-refractivity contribution in [1.29, 1.82) is 0 Å². The Morgan fingerprint density at radius 1 is 1.16 bits per heavy atom. The standard InChI is InChI=1S/C13H26N2O3S/c1-13(2,3)15(19(4,17)18)11-8-12(16)14-9-6-5-7-10-14/h5-11H2,1-4H3. The van der Waals surface area contributed by atoms with E-state index in [4.69, 9.17) is 0 Å². The number of hydrogen-bond donors (Lipinski definition) is 0. The van der Waals surface area contributed by atoms with Crippen LogP contribution in [0.25, 0.3) is 0 Å². The molecule has 0 atom stereocenters. The molecule has 0 aromatic carbocycles. The van der Waals surface area contributed by atoms with Crippen molar-refractivity contribution in [3.05, 3.63) is 0 Å². The molecule has 0 aromatic heterocycles. The third-order valence-electron chi connectivity index (χ3n) is 3.39. The van der Waals surface area contributed by atoms with Crippen LogP contribution in [0.2, 0.25) is 0 Å². The van der Waals surface area contributed by atoms with Gasteiger partial charge in [-0.25, -0.2) is 8.42 Å². The van der Waals surface area contributed by atoms with Crippen LogP contribution in [0.3, 0.4) is 0 Å². The van der Waals surface area contributed by atoms with Gasteiger partial charge in [-0.2, -0.15) is 4.31 Å². The van der Waals surface area contributed by atoms with Crippen molar-refractivity contribution in [1.82, 2.24) is 9.21 Å². The second kappa shape index (κ2) is 6.22. The molecule has 0 saturated carbocycles. The Kier molecular flexibility index (Phi) is 5.38. The van der Waals surface area contributed by atoms with Crippen LogP contribution in [0.5, 0.6) is 0 Å². The summed E-state index contributed by atoms with van der Waals surface area (Å²) in [4.78, 5) is 13.9. The second-order valence-corrected chi connectivity index (χ2v) is 8.10. The summed E-state index contributed by atoms with van der Waals surface area (Å²) in [6.07, 6.45) is 4.76. The number of amides is 1. The van der Waals surface area contributed by atoms with Gasteiger partial charge >= 0.3 is 0 Å². The molecule has 6 heteroatoms. The van der Waals surface area contributed by atoms with Crippen molar-refractivity contribution in [2.24, 2.45) is 0 Å². The number of hydrogen-bond acceptors (Lipinski definition) is 3. The third kappa shape index (κ3) is 5.10. The quantitative estimate of drug-likeness (QED) is 0.787. The van der Waals surface area contributed by atoms with E-state index in [0.29, 0.717) is 0 Å². The number of piperidine rings is 1. The molecule has 1 amide bonds. The normalized spacial score (nSPS) is 17.8. The van der Waals surface area contributed by atoms with E-state index in [9.17, 15) is 13.2 Å². The molecule has 0 radical (unpaired) electrons. The van der Waals surface area contributed by atoms with Gasteiger partial charge in [0.15, 0.2) is 0 Å². The first-order chi connectivity index (χ1) is 8.62. The zero-order valence-corrected chi connectivity index (χ0v) is 13.3. The Bertz CT molecular complexity index is 406. The maximum absolute atomic E-state index is 12.1. The Hall–Kier alpha value is -0.620. The molecule has 1 fully saturated rings. The van der Waals surface area contributed by atoms with Crippen molar-refractivity contribution in [2.75, 3.05) is 25.9 Å². The SMILES string of the molecule is CC(C)(C)N(CCC(=O)N1CCCCC1)S(C)(=O)=O. The summed E-state index contributed by atoms with van der Waals surface area (Å²) in [5.74, 6) is 0.0672. The van der Waals surface area contributed by atoms with Crippen LogP contribution in [0.1, 0.15) is 46.5 Å². The van der Waals surface area contributed by atoms with Gasteiger partial charge in [0.05, 0.1) is 6.26 Å². The molecule has 0 aliphatic carbocycles. The van der Waals surface area contributed by atoms with Crippen molar-refractivity contribution >= 4 is 15.9 Å². The summed E-state index contributed by atoms with van der Waals surface area (Å²) < 4.78 is 24.9. The second-order valence-electron chi connectivity index (χ2n) is 6.20. The van der Waals surface area contributed by atoms with Crippen LogP contribution in [0.4, 0.5) is 0 Å². The molecule has 0 aromatic rings. The molecule has 0 bridgehead atoms. The summed E-state index contributed by atoms with van der Waals surface area (Å²) in [6.45, 7) is 7.43. The van der Waals surface area contributed by atoms with Gasteiger partial charge in [-0.1, -0.05) is 0 Å². The Balaban J connectivity index is 2.59. The number of carbonyl (C=O) groups is 1. The van der Waals surface area contributed by atoms with E-state index in [1.807, 2.05) is 25.7 Å². The number of nitrogens with zero attached hydrogens (tertiary/aromatic N) is 2. The molecule has 112 valence electrons. The molecular weight excluding hydrogens is 264 g/mol. The lowest BCUT2D eigenvalue weighted by Gasteiger charge is -2.34. The van der Waals surface area contributed by atoms with Crippen molar-refractivity contribution < 1.29 is 13.2 Å². The molecule has 1 heterocycles. The minimum atomic E-state index is -3.29. The molecule has 0 spiro atoms. The van der Waals surface area contributed by atoms with Crippen LogP contribution in [0, 0.1) is 0 Å². The smallest absolute Gasteiger partial charge is 0.223 e. The lowest BCUT2D eigenvalue weighted by atomic mass is 10.1. The molecule has 19 heavy (non-hydrogen) atoms. The number of sulfonamides is 1. The Morgan fingerprint density at radius 2 is 1.68 bits per heavy atom. The minimum absolute atomic E-state index is 0.0672. The van der Waals surface area contributed by atoms with Crippen LogP contribution in [-0.4, -0.2) is 55.0 Å². The van der Waals surface area contributed by atoms with Gasteiger partial charge in [-0.15, -0.1) is 0 Å². The van der Waals surface area contributed by atoms with Crippen LogP contribution < -0.4 is 0 Å². The first-order valence-electron chi connectivity index (χ1n) is 6.88. The average molecular weight is 290 g/mol. The van der Waals surface area contributed by atoms with E-state index in [1.54, 1.807) is 0 Å². The van der Waals surface area contributed by atoms with E-state index in [0.717, 1.165) is 25.9 Å². The van der Waals surface area contributed by atoms with Gasteiger partial charge in [0.2, 0.25) is 15.9 Å². The highest BCUT2D eigenvalue weighted by Gasteiger charge is 2.30. The van der Waals surface area contributed by atoms with E-state index in [2.05, 4.69) is 0 Å². The van der Waals surface area contributed by atoms with Crippen molar-refractivity contribution in [2.45, 2.75) is 52.0 Å². The molecule has 1 aliphatic rings. The first-order valence-corrected chi connectivity index (χ1v) is 8.73. The first kappa shape index (κ1) is 16.4. The van der Waals surface area contributed by atoms with Gasteiger partial charge in [0, 0.05) is 31.6 Å². The summed E-state index contributed by atoms with van der Waals surface area (Å²) in [6, 6.07) is 0.